The molecule has 1 aliphatic heterocycles. The topological polar surface area (TPSA) is 101 Å². The molecule has 2 unspecified atom stereocenters. The van der Waals surface area contributed by atoms with Gasteiger partial charge in [0.25, 0.3) is 5.91 Å². The third kappa shape index (κ3) is 3.82. The Labute approximate surface area is 167 Å². The molecule has 10 heteroatoms. The maximum Gasteiger partial charge on any atom is 0.292 e. The van der Waals surface area contributed by atoms with Crippen LogP contribution in [-0.4, -0.2) is 27.6 Å². The van der Waals surface area contributed by atoms with Crippen LogP contribution in [0.1, 0.15) is 30.2 Å². The molecule has 0 radical (unpaired) electrons. The first-order valence-electron chi connectivity index (χ1n) is 8.25. The fourth-order valence-corrected chi connectivity index (χ4v) is 3.82. The number of nitrogens with zero attached hydrogens (tertiary/aromatic N) is 2. The Bertz CT molecular complexity index is 981. The molecule has 0 saturated carbocycles. The number of furan rings is 1. The van der Waals surface area contributed by atoms with Crippen LogP contribution >= 0.6 is 27.3 Å². The molecule has 0 aromatic carbocycles. The molecule has 27 heavy (non-hydrogen) atoms. The summed E-state index contributed by atoms with van der Waals surface area (Å²) < 4.78 is 7.34. The molecule has 1 saturated heterocycles. The highest BCUT2D eigenvalue weighted by molar-refractivity contribution is 9.10. The van der Waals surface area contributed by atoms with Crippen LogP contribution in [0.15, 0.2) is 44.8 Å². The van der Waals surface area contributed by atoms with Crippen molar-refractivity contribution >= 4 is 44.9 Å². The van der Waals surface area contributed by atoms with Gasteiger partial charge in [0.15, 0.2) is 16.7 Å². The Morgan fingerprint density at radius 2 is 2.30 bits per heavy atom. The van der Waals surface area contributed by atoms with Crippen molar-refractivity contribution in [3.8, 4) is 10.6 Å². The van der Waals surface area contributed by atoms with Crippen molar-refractivity contribution in [1.82, 2.24) is 20.4 Å². The van der Waals surface area contributed by atoms with Crippen LogP contribution in [0.2, 0.25) is 0 Å². The predicted molar refractivity (Wildman–Crippen MR) is 104 cm³/mol. The van der Waals surface area contributed by atoms with Gasteiger partial charge in [-0.1, -0.05) is 6.07 Å². The average molecular weight is 450 g/mol. The van der Waals surface area contributed by atoms with Crippen LogP contribution in [-0.2, 0) is 4.79 Å². The van der Waals surface area contributed by atoms with Crippen molar-refractivity contribution in [2.45, 2.75) is 25.7 Å². The Morgan fingerprint density at radius 1 is 1.44 bits per heavy atom. The third-order valence-corrected chi connectivity index (χ3v) is 5.34. The van der Waals surface area contributed by atoms with Gasteiger partial charge in [0, 0.05) is 18.5 Å². The number of hydrogen-bond acceptors (Lipinski definition) is 6. The van der Waals surface area contributed by atoms with Gasteiger partial charge in [-0.05, 0) is 46.4 Å². The predicted octanol–water partition coefficient (Wildman–Crippen LogP) is 3.17. The maximum absolute atomic E-state index is 12.5. The number of halogens is 1. The third-order valence-electron chi connectivity index (χ3n) is 4.02. The first-order valence-corrected chi connectivity index (χ1v) is 9.92. The van der Waals surface area contributed by atoms with Gasteiger partial charge in [-0.25, -0.2) is 4.68 Å². The van der Waals surface area contributed by atoms with Crippen molar-refractivity contribution in [2.75, 3.05) is 5.32 Å². The molecule has 0 bridgehead atoms. The molecule has 0 spiro atoms. The largest absolute Gasteiger partial charge is 0.444 e. The van der Waals surface area contributed by atoms with Crippen molar-refractivity contribution in [2.24, 2.45) is 0 Å². The van der Waals surface area contributed by atoms with Crippen LogP contribution in [0.5, 0.6) is 0 Å². The number of carbonyl (C=O) groups is 2. The average Bonchev–Trinajstić information content (AvgIpc) is 3.33. The van der Waals surface area contributed by atoms with E-state index in [9.17, 15) is 9.59 Å². The van der Waals surface area contributed by atoms with Crippen LogP contribution in [0, 0.1) is 0 Å². The molecule has 140 valence electrons. The van der Waals surface area contributed by atoms with E-state index < -0.39 is 12.2 Å². The van der Waals surface area contributed by atoms with Gasteiger partial charge in [-0.2, -0.15) is 5.10 Å². The van der Waals surface area contributed by atoms with E-state index in [0.29, 0.717) is 22.6 Å². The Kier molecular flexibility index (Phi) is 4.85. The first kappa shape index (κ1) is 18.0. The molecule has 1 aliphatic rings. The zero-order chi connectivity index (χ0) is 19.0. The van der Waals surface area contributed by atoms with Gasteiger partial charge in [-0.3, -0.25) is 14.9 Å². The Balaban J connectivity index is 1.68. The molecule has 2 atom stereocenters. The highest BCUT2D eigenvalue weighted by Crippen LogP contribution is 2.28. The Morgan fingerprint density at radius 3 is 2.96 bits per heavy atom. The lowest BCUT2D eigenvalue weighted by molar-refractivity contribution is -0.125. The molecule has 4 rings (SSSR count). The number of aromatic nitrogens is 2. The number of nitrogens with one attached hydrogen (secondary N) is 3. The van der Waals surface area contributed by atoms with E-state index in [1.807, 2.05) is 24.4 Å². The molecular weight excluding hydrogens is 434 g/mol. The zero-order valence-electron chi connectivity index (χ0n) is 14.2. The van der Waals surface area contributed by atoms with Gasteiger partial charge < -0.3 is 15.1 Å². The lowest BCUT2D eigenvalue weighted by Gasteiger charge is -2.30. The molecule has 3 aromatic heterocycles. The van der Waals surface area contributed by atoms with Crippen LogP contribution in [0.3, 0.4) is 0 Å². The van der Waals surface area contributed by atoms with Crippen LogP contribution < -0.4 is 16.0 Å². The first-order chi connectivity index (χ1) is 13.0. The van der Waals surface area contributed by atoms with E-state index in [4.69, 9.17) is 4.42 Å². The molecule has 3 N–H and O–H groups in total. The van der Waals surface area contributed by atoms with Gasteiger partial charge in [0.1, 0.15) is 11.5 Å². The number of amides is 2. The summed E-state index contributed by atoms with van der Waals surface area (Å²) >= 11 is 4.73. The fraction of sp³-hybridized carbons (Fsp3) is 0.235. The minimum atomic E-state index is -0.561. The zero-order valence-corrected chi connectivity index (χ0v) is 16.6. The van der Waals surface area contributed by atoms with E-state index in [-0.39, 0.29) is 17.7 Å². The number of carbonyl (C=O) groups excluding carboxylic acids is 2. The summed E-state index contributed by atoms with van der Waals surface area (Å²) in [6.07, 6.45) is -0.175. The summed E-state index contributed by atoms with van der Waals surface area (Å²) in [6, 6.07) is 8.86. The van der Waals surface area contributed by atoms with Crippen LogP contribution in [0.25, 0.3) is 10.6 Å². The monoisotopic (exact) mass is 449 g/mol. The van der Waals surface area contributed by atoms with E-state index >= 15 is 0 Å². The van der Waals surface area contributed by atoms with E-state index in [1.165, 1.54) is 0 Å². The molecule has 4 heterocycles. The lowest BCUT2D eigenvalue weighted by Crippen LogP contribution is -2.52. The maximum atomic E-state index is 12.5. The molecule has 1 fully saturated rings. The van der Waals surface area contributed by atoms with E-state index in [2.05, 4.69) is 37.0 Å². The van der Waals surface area contributed by atoms with Gasteiger partial charge in [0.2, 0.25) is 5.91 Å². The smallest absolute Gasteiger partial charge is 0.292 e. The van der Waals surface area contributed by atoms with Crippen LogP contribution in [0.4, 0.5) is 5.82 Å². The standard InChI is InChI=1S/C17H16BrN5O3S/c1-9-7-15(24)21-17(19-9)23-14(8-10(22-23)12-3-2-6-27-12)20-16(25)11-4-5-13(18)26-11/h2-6,8-9,17,19H,7H2,1H3,(H,20,25)(H,21,24). The molecule has 0 aliphatic carbocycles. The summed E-state index contributed by atoms with van der Waals surface area (Å²) in [5.41, 5.74) is 0.704. The van der Waals surface area contributed by atoms with Crippen molar-refractivity contribution in [3.05, 3.63) is 46.1 Å². The molecule has 8 nitrogen and oxygen atoms in total. The van der Waals surface area contributed by atoms with Gasteiger partial charge >= 0.3 is 0 Å². The minimum absolute atomic E-state index is 0.0114. The van der Waals surface area contributed by atoms with E-state index in [0.717, 1.165) is 4.88 Å². The Hall–Kier alpha value is -2.43. The quantitative estimate of drug-likeness (QED) is 0.567. The summed E-state index contributed by atoms with van der Waals surface area (Å²) in [5.74, 6) is 0.130. The summed E-state index contributed by atoms with van der Waals surface area (Å²) in [5, 5.41) is 15.5. The second kappa shape index (κ2) is 7.29. The van der Waals surface area contributed by atoms with Gasteiger partial charge in [0.05, 0.1) is 4.88 Å². The molecular formula is C17H16BrN5O3S. The molecule has 2 amide bonds. The highest BCUT2D eigenvalue weighted by Gasteiger charge is 2.27. The van der Waals surface area contributed by atoms with Gasteiger partial charge in [-0.15, -0.1) is 11.3 Å². The van der Waals surface area contributed by atoms with Crippen molar-refractivity contribution in [1.29, 1.82) is 0 Å². The lowest BCUT2D eigenvalue weighted by atomic mass is 10.2. The second-order valence-corrected chi connectivity index (χ2v) is 7.87. The number of hydrogen-bond donors (Lipinski definition) is 3. The SMILES string of the molecule is CC1CC(=O)NC(n2nc(-c3cccs3)cc2NC(=O)c2ccc(Br)o2)N1. The summed E-state index contributed by atoms with van der Waals surface area (Å²) in [4.78, 5) is 25.4. The minimum Gasteiger partial charge on any atom is -0.444 e. The second-order valence-electron chi connectivity index (χ2n) is 6.14. The van der Waals surface area contributed by atoms with Crippen molar-refractivity contribution < 1.29 is 14.0 Å². The number of rotatable bonds is 4. The molecule has 3 aromatic rings. The summed E-state index contributed by atoms with van der Waals surface area (Å²) in [6.45, 7) is 1.92. The van der Waals surface area contributed by atoms with Crippen molar-refractivity contribution in [3.63, 3.8) is 0 Å². The summed E-state index contributed by atoms with van der Waals surface area (Å²) in [7, 11) is 0. The number of thiophene rings is 1. The highest BCUT2D eigenvalue weighted by atomic mass is 79.9. The van der Waals surface area contributed by atoms with E-state index in [1.54, 1.807) is 34.2 Å². The normalized spacial score (nSPS) is 19.7. The number of anilines is 1. The fourth-order valence-electron chi connectivity index (χ4n) is 2.83.